The van der Waals surface area contributed by atoms with E-state index >= 15 is 0 Å². The molecule has 1 aliphatic rings. The fourth-order valence-corrected chi connectivity index (χ4v) is 4.14. The Labute approximate surface area is 121 Å². The molecule has 1 aliphatic heterocycles. The minimum Gasteiger partial charge on any atom is -0.368 e. The smallest absolute Gasteiger partial charge is 0.0642 e. The zero-order valence-corrected chi connectivity index (χ0v) is 13.1. The molecule has 0 aliphatic carbocycles. The van der Waals surface area contributed by atoms with Gasteiger partial charge in [-0.2, -0.15) is 11.8 Å². The zero-order chi connectivity index (χ0) is 12.3. The maximum absolute atomic E-state index is 6.36. The third-order valence-electron chi connectivity index (χ3n) is 3.12. The lowest BCUT2D eigenvalue weighted by Crippen LogP contribution is -2.38. The van der Waals surface area contributed by atoms with Crippen LogP contribution in [0.2, 0.25) is 5.02 Å². The van der Waals surface area contributed by atoms with Gasteiger partial charge in [0.1, 0.15) is 0 Å². The summed E-state index contributed by atoms with van der Waals surface area (Å²) in [6, 6.07) is 6.17. The Morgan fingerprint density at radius 3 is 3.06 bits per heavy atom. The van der Waals surface area contributed by atoms with Gasteiger partial charge in [-0.15, -0.1) is 0 Å². The van der Waals surface area contributed by atoms with Crippen molar-refractivity contribution < 1.29 is 0 Å². The van der Waals surface area contributed by atoms with Crippen LogP contribution in [0.3, 0.4) is 0 Å². The van der Waals surface area contributed by atoms with Crippen molar-refractivity contribution in [3.05, 3.63) is 28.8 Å². The van der Waals surface area contributed by atoms with Crippen LogP contribution in [0.1, 0.15) is 18.9 Å². The third-order valence-corrected chi connectivity index (χ3v) is 5.41. The first-order valence-corrected chi connectivity index (χ1v) is 8.51. The molecule has 1 nitrogen and oxygen atoms in total. The van der Waals surface area contributed by atoms with E-state index in [9.17, 15) is 0 Å². The lowest BCUT2D eigenvalue weighted by atomic mass is 10.1. The van der Waals surface area contributed by atoms with Gasteiger partial charge in [0.2, 0.25) is 0 Å². The Balaban J connectivity index is 2.26. The van der Waals surface area contributed by atoms with Gasteiger partial charge in [0.25, 0.3) is 0 Å². The van der Waals surface area contributed by atoms with E-state index in [-0.39, 0.29) is 0 Å². The number of benzene rings is 1. The average molecular weight is 335 g/mol. The van der Waals surface area contributed by atoms with Crippen LogP contribution in [0, 0.1) is 0 Å². The summed E-state index contributed by atoms with van der Waals surface area (Å²) in [5.74, 6) is 1.20. The number of nitrogens with zero attached hydrogens (tertiary/aromatic N) is 1. The van der Waals surface area contributed by atoms with Gasteiger partial charge in [0.15, 0.2) is 0 Å². The van der Waals surface area contributed by atoms with Gasteiger partial charge in [-0.3, -0.25) is 0 Å². The summed E-state index contributed by atoms with van der Waals surface area (Å²) < 4.78 is 0. The first-order chi connectivity index (χ1) is 8.26. The first kappa shape index (κ1) is 13.6. The van der Waals surface area contributed by atoms with E-state index in [1.54, 1.807) is 0 Å². The van der Waals surface area contributed by atoms with E-state index < -0.39 is 0 Å². The standard InChI is InChI=1S/C13H17BrClNS/c1-2-11-9-16(6-7-17-11)13-10(8-14)4-3-5-12(13)15/h3-5,11H,2,6-9H2,1H3. The summed E-state index contributed by atoms with van der Waals surface area (Å²) in [5, 5.41) is 2.48. The SMILES string of the molecule is CCC1CN(c2c(Cl)cccc2CBr)CCS1. The van der Waals surface area contributed by atoms with Gasteiger partial charge >= 0.3 is 0 Å². The Kier molecular flexibility index (Phi) is 5.07. The Morgan fingerprint density at radius 1 is 1.53 bits per heavy atom. The highest BCUT2D eigenvalue weighted by molar-refractivity contribution is 9.08. The number of anilines is 1. The van der Waals surface area contributed by atoms with E-state index in [1.165, 1.54) is 23.4 Å². The summed E-state index contributed by atoms with van der Waals surface area (Å²) >= 11 is 12.0. The summed E-state index contributed by atoms with van der Waals surface area (Å²) in [4.78, 5) is 2.45. The number of para-hydroxylation sites is 1. The highest BCUT2D eigenvalue weighted by atomic mass is 79.9. The minimum absolute atomic E-state index is 0.739. The number of alkyl halides is 1. The van der Waals surface area contributed by atoms with Crippen LogP contribution >= 0.6 is 39.3 Å². The van der Waals surface area contributed by atoms with Gasteiger partial charge in [-0.1, -0.05) is 46.6 Å². The van der Waals surface area contributed by atoms with Gasteiger partial charge in [-0.25, -0.2) is 0 Å². The zero-order valence-electron chi connectivity index (χ0n) is 9.96. The van der Waals surface area contributed by atoms with Crippen LogP contribution in [0.15, 0.2) is 18.2 Å². The lowest BCUT2D eigenvalue weighted by molar-refractivity contribution is 0.726. The summed E-state index contributed by atoms with van der Waals surface area (Å²) in [6.07, 6.45) is 1.23. The maximum Gasteiger partial charge on any atom is 0.0642 e. The van der Waals surface area contributed by atoms with Gasteiger partial charge in [0, 0.05) is 29.4 Å². The van der Waals surface area contributed by atoms with E-state index in [0.29, 0.717) is 0 Å². The van der Waals surface area contributed by atoms with Crippen LogP contribution in [0.5, 0.6) is 0 Å². The molecule has 1 heterocycles. The van der Waals surface area contributed by atoms with E-state index in [1.807, 2.05) is 12.1 Å². The second kappa shape index (κ2) is 6.35. The molecule has 0 spiro atoms. The molecule has 94 valence electrons. The molecule has 0 radical (unpaired) electrons. The van der Waals surface area contributed by atoms with Crippen molar-refractivity contribution in [2.45, 2.75) is 23.9 Å². The predicted octanol–water partition coefficient (Wildman–Crippen LogP) is 4.57. The monoisotopic (exact) mass is 333 g/mol. The molecule has 1 saturated heterocycles. The van der Waals surface area contributed by atoms with Crippen molar-refractivity contribution >= 4 is 45.0 Å². The molecule has 1 fully saturated rings. The molecule has 0 aromatic heterocycles. The fourth-order valence-electron chi connectivity index (χ4n) is 2.19. The van der Waals surface area contributed by atoms with Crippen LogP contribution < -0.4 is 4.90 Å². The Morgan fingerprint density at radius 2 is 2.35 bits per heavy atom. The molecule has 1 atom stereocenters. The molecule has 0 bridgehead atoms. The van der Waals surface area contributed by atoms with E-state index in [2.05, 4.69) is 45.6 Å². The lowest BCUT2D eigenvalue weighted by Gasteiger charge is -2.35. The van der Waals surface area contributed by atoms with Crippen molar-refractivity contribution in [1.82, 2.24) is 0 Å². The predicted molar refractivity (Wildman–Crippen MR) is 82.8 cm³/mol. The van der Waals surface area contributed by atoms with Gasteiger partial charge < -0.3 is 4.90 Å². The molecule has 17 heavy (non-hydrogen) atoms. The highest BCUT2D eigenvalue weighted by Crippen LogP contribution is 2.34. The highest BCUT2D eigenvalue weighted by Gasteiger charge is 2.22. The first-order valence-electron chi connectivity index (χ1n) is 5.96. The topological polar surface area (TPSA) is 3.24 Å². The third kappa shape index (κ3) is 3.12. The van der Waals surface area contributed by atoms with E-state index in [0.717, 1.165) is 28.7 Å². The molecular formula is C13H17BrClNS. The molecule has 0 saturated carbocycles. The molecule has 0 N–H and O–H groups in total. The summed E-state index contributed by atoms with van der Waals surface area (Å²) in [5.41, 5.74) is 2.52. The average Bonchev–Trinajstić information content (AvgIpc) is 2.38. The van der Waals surface area contributed by atoms with E-state index in [4.69, 9.17) is 11.6 Å². The molecular weight excluding hydrogens is 318 g/mol. The Hall–Kier alpha value is 0.140. The van der Waals surface area contributed by atoms with Crippen molar-refractivity contribution in [2.75, 3.05) is 23.7 Å². The van der Waals surface area contributed by atoms with Gasteiger partial charge in [-0.05, 0) is 18.1 Å². The normalized spacial score (nSPS) is 20.6. The quantitative estimate of drug-likeness (QED) is 0.745. The van der Waals surface area contributed by atoms with Crippen molar-refractivity contribution in [1.29, 1.82) is 0 Å². The number of rotatable bonds is 3. The summed E-state index contributed by atoms with van der Waals surface area (Å²) in [7, 11) is 0. The molecule has 1 unspecified atom stereocenters. The van der Waals surface area contributed by atoms with Crippen LogP contribution in [-0.2, 0) is 5.33 Å². The minimum atomic E-state index is 0.739. The molecule has 1 aromatic carbocycles. The maximum atomic E-state index is 6.36. The molecule has 4 heteroatoms. The number of halogens is 2. The second-order valence-corrected chi connectivity index (χ2v) is 6.60. The largest absolute Gasteiger partial charge is 0.368 e. The van der Waals surface area contributed by atoms with Crippen LogP contribution in [0.25, 0.3) is 0 Å². The molecule has 0 amide bonds. The number of hydrogen-bond donors (Lipinski definition) is 0. The number of thioether (sulfide) groups is 1. The van der Waals surface area contributed by atoms with Crippen LogP contribution in [0.4, 0.5) is 5.69 Å². The second-order valence-electron chi connectivity index (χ2n) is 4.23. The van der Waals surface area contributed by atoms with Crippen molar-refractivity contribution in [2.24, 2.45) is 0 Å². The molecule has 1 aromatic rings. The van der Waals surface area contributed by atoms with Crippen LogP contribution in [-0.4, -0.2) is 24.1 Å². The Bertz CT molecular complexity index is 386. The number of hydrogen-bond acceptors (Lipinski definition) is 2. The van der Waals surface area contributed by atoms with Crippen molar-refractivity contribution in [3.8, 4) is 0 Å². The fraction of sp³-hybridized carbons (Fsp3) is 0.538. The molecule has 2 rings (SSSR count). The van der Waals surface area contributed by atoms with Crippen molar-refractivity contribution in [3.63, 3.8) is 0 Å². The van der Waals surface area contributed by atoms with Gasteiger partial charge in [0.05, 0.1) is 10.7 Å². The summed E-state index contributed by atoms with van der Waals surface area (Å²) in [6.45, 7) is 4.48.